The molecule has 19 heavy (non-hydrogen) atoms. The van der Waals surface area contributed by atoms with E-state index in [1.54, 1.807) is 30.3 Å². The smallest absolute Gasteiger partial charge is 0.255 e. The van der Waals surface area contributed by atoms with Gasteiger partial charge in [-0.1, -0.05) is 17.7 Å². The molecule has 5 heteroatoms. The van der Waals surface area contributed by atoms with Crippen molar-refractivity contribution in [3.05, 3.63) is 57.0 Å². The van der Waals surface area contributed by atoms with Crippen molar-refractivity contribution in [1.29, 1.82) is 0 Å². The highest BCUT2D eigenvalue weighted by atomic mass is 79.9. The summed E-state index contributed by atoms with van der Waals surface area (Å²) in [6, 6.07) is 10.4. The summed E-state index contributed by atoms with van der Waals surface area (Å²) >= 11 is 9.26. The normalized spacial score (nSPS) is 10.3. The van der Waals surface area contributed by atoms with Gasteiger partial charge in [0.2, 0.25) is 0 Å². The fraction of sp³-hybridized carbons (Fsp3) is 0.0714. The molecule has 2 rings (SSSR count). The molecule has 0 fully saturated rings. The number of benzene rings is 2. The number of amides is 1. The van der Waals surface area contributed by atoms with Crippen LogP contribution in [-0.4, -0.2) is 5.91 Å². The van der Waals surface area contributed by atoms with Gasteiger partial charge in [0.25, 0.3) is 5.91 Å². The van der Waals surface area contributed by atoms with E-state index in [0.717, 1.165) is 10.0 Å². The Morgan fingerprint density at radius 3 is 2.68 bits per heavy atom. The Labute approximate surface area is 124 Å². The zero-order valence-corrected chi connectivity index (χ0v) is 12.5. The number of hydrogen-bond donors (Lipinski definition) is 2. The molecule has 0 spiro atoms. The maximum Gasteiger partial charge on any atom is 0.255 e. The molecule has 2 aromatic carbocycles. The van der Waals surface area contributed by atoms with E-state index in [1.165, 1.54) is 0 Å². The Balaban J connectivity index is 2.25. The second-order valence-corrected chi connectivity index (χ2v) is 5.44. The van der Waals surface area contributed by atoms with Crippen molar-refractivity contribution in [2.24, 2.45) is 0 Å². The molecule has 0 radical (unpaired) electrons. The van der Waals surface area contributed by atoms with Crippen molar-refractivity contribution >= 4 is 44.8 Å². The third kappa shape index (κ3) is 3.28. The Hall–Kier alpha value is -1.52. The van der Waals surface area contributed by atoms with Gasteiger partial charge in [0, 0.05) is 20.7 Å². The lowest BCUT2D eigenvalue weighted by atomic mass is 10.1. The number of rotatable bonds is 2. The van der Waals surface area contributed by atoms with Gasteiger partial charge in [-0.15, -0.1) is 0 Å². The van der Waals surface area contributed by atoms with Crippen LogP contribution < -0.4 is 11.1 Å². The highest BCUT2D eigenvalue weighted by Crippen LogP contribution is 2.26. The van der Waals surface area contributed by atoms with Crippen molar-refractivity contribution in [2.45, 2.75) is 6.92 Å². The maximum absolute atomic E-state index is 12.1. The van der Waals surface area contributed by atoms with Crippen LogP contribution in [0.15, 0.2) is 40.9 Å². The fourth-order valence-corrected chi connectivity index (χ4v) is 2.09. The minimum absolute atomic E-state index is 0.227. The molecule has 0 saturated carbocycles. The molecule has 3 nitrogen and oxygen atoms in total. The molecule has 0 aliphatic rings. The van der Waals surface area contributed by atoms with E-state index in [9.17, 15) is 4.79 Å². The molecule has 98 valence electrons. The summed E-state index contributed by atoms with van der Waals surface area (Å²) in [7, 11) is 0. The minimum atomic E-state index is -0.227. The van der Waals surface area contributed by atoms with E-state index in [1.807, 2.05) is 13.0 Å². The average molecular weight is 340 g/mol. The third-order valence-electron chi connectivity index (χ3n) is 2.72. The molecule has 0 unspecified atom stereocenters. The molecule has 0 heterocycles. The first kappa shape index (κ1) is 13.9. The van der Waals surface area contributed by atoms with Gasteiger partial charge in [-0.3, -0.25) is 4.79 Å². The van der Waals surface area contributed by atoms with Gasteiger partial charge >= 0.3 is 0 Å². The number of hydrogen-bond acceptors (Lipinski definition) is 2. The van der Waals surface area contributed by atoms with Crippen LogP contribution in [0, 0.1) is 6.92 Å². The highest BCUT2D eigenvalue weighted by molar-refractivity contribution is 9.10. The molecule has 2 aromatic rings. The van der Waals surface area contributed by atoms with Crippen LogP contribution in [0.2, 0.25) is 5.02 Å². The summed E-state index contributed by atoms with van der Waals surface area (Å²) in [6.07, 6.45) is 0. The number of aryl methyl sites for hydroxylation is 1. The second kappa shape index (κ2) is 5.63. The first-order valence-electron chi connectivity index (χ1n) is 5.60. The molecule has 0 atom stereocenters. The van der Waals surface area contributed by atoms with E-state index in [4.69, 9.17) is 17.3 Å². The van der Waals surface area contributed by atoms with Gasteiger partial charge in [-0.2, -0.15) is 0 Å². The number of nitrogens with two attached hydrogens (primary N) is 1. The zero-order valence-electron chi connectivity index (χ0n) is 10.2. The summed E-state index contributed by atoms with van der Waals surface area (Å²) in [5.74, 6) is -0.227. The lowest BCUT2D eigenvalue weighted by molar-refractivity contribution is 0.102. The van der Waals surface area contributed by atoms with Gasteiger partial charge in [0.15, 0.2) is 0 Å². The fourth-order valence-electron chi connectivity index (χ4n) is 1.57. The molecule has 0 aliphatic heterocycles. The average Bonchev–Trinajstić information content (AvgIpc) is 2.37. The van der Waals surface area contributed by atoms with Crippen LogP contribution in [0.1, 0.15) is 15.9 Å². The predicted octanol–water partition coefficient (Wildman–Crippen LogP) is 4.25. The van der Waals surface area contributed by atoms with Crippen LogP contribution in [-0.2, 0) is 0 Å². The van der Waals surface area contributed by atoms with Gasteiger partial charge in [-0.25, -0.2) is 0 Å². The number of halogens is 2. The van der Waals surface area contributed by atoms with Crippen molar-refractivity contribution < 1.29 is 4.79 Å². The van der Waals surface area contributed by atoms with Crippen LogP contribution >= 0.6 is 27.5 Å². The van der Waals surface area contributed by atoms with Crippen LogP contribution in [0.3, 0.4) is 0 Å². The highest BCUT2D eigenvalue weighted by Gasteiger charge is 2.09. The van der Waals surface area contributed by atoms with Gasteiger partial charge in [0.05, 0.1) is 5.69 Å². The van der Waals surface area contributed by atoms with E-state index in [0.29, 0.717) is 22.0 Å². The maximum atomic E-state index is 12.1. The van der Waals surface area contributed by atoms with Crippen molar-refractivity contribution in [2.75, 3.05) is 11.1 Å². The lowest BCUT2D eigenvalue weighted by Crippen LogP contribution is -2.12. The molecule has 0 bridgehead atoms. The number of anilines is 2. The molecule has 0 saturated heterocycles. The van der Waals surface area contributed by atoms with E-state index >= 15 is 0 Å². The second-order valence-electron chi connectivity index (χ2n) is 4.15. The van der Waals surface area contributed by atoms with E-state index in [2.05, 4.69) is 21.2 Å². The topological polar surface area (TPSA) is 55.1 Å². The summed E-state index contributed by atoms with van der Waals surface area (Å²) in [5, 5.41) is 3.35. The van der Waals surface area contributed by atoms with Gasteiger partial charge < -0.3 is 11.1 Å². The van der Waals surface area contributed by atoms with Crippen molar-refractivity contribution in [3.8, 4) is 0 Å². The largest absolute Gasteiger partial charge is 0.398 e. The monoisotopic (exact) mass is 338 g/mol. The Bertz CT molecular complexity index is 643. The Morgan fingerprint density at radius 2 is 2.00 bits per heavy atom. The van der Waals surface area contributed by atoms with E-state index in [-0.39, 0.29) is 5.91 Å². The molecule has 0 aliphatic carbocycles. The molecular weight excluding hydrogens is 328 g/mol. The SMILES string of the molecule is Cc1ccc(C(=O)Nc2cc(Cl)ccc2Br)cc1N. The quantitative estimate of drug-likeness (QED) is 0.804. The van der Waals surface area contributed by atoms with E-state index < -0.39 is 0 Å². The third-order valence-corrected chi connectivity index (χ3v) is 3.64. The van der Waals surface area contributed by atoms with Crippen molar-refractivity contribution in [3.63, 3.8) is 0 Å². The molecule has 1 amide bonds. The number of nitrogen functional groups attached to an aromatic ring is 1. The Kier molecular flexibility index (Phi) is 4.12. The van der Waals surface area contributed by atoms with Crippen molar-refractivity contribution in [1.82, 2.24) is 0 Å². The zero-order chi connectivity index (χ0) is 14.0. The lowest BCUT2D eigenvalue weighted by Gasteiger charge is -2.09. The predicted molar refractivity (Wildman–Crippen MR) is 82.7 cm³/mol. The first-order chi connectivity index (χ1) is 8.97. The van der Waals surface area contributed by atoms with Crippen LogP contribution in [0.4, 0.5) is 11.4 Å². The number of carbonyl (C=O) groups excluding carboxylic acids is 1. The number of nitrogens with one attached hydrogen (secondary N) is 1. The Morgan fingerprint density at radius 1 is 1.26 bits per heavy atom. The van der Waals surface area contributed by atoms with Crippen LogP contribution in [0.25, 0.3) is 0 Å². The van der Waals surface area contributed by atoms with Gasteiger partial charge in [-0.05, 0) is 58.7 Å². The van der Waals surface area contributed by atoms with Gasteiger partial charge in [0.1, 0.15) is 0 Å². The summed E-state index contributed by atoms with van der Waals surface area (Å²) in [6.45, 7) is 1.89. The molecule has 3 N–H and O–H groups in total. The summed E-state index contributed by atoms with van der Waals surface area (Å²) < 4.78 is 0.769. The number of carbonyl (C=O) groups is 1. The summed E-state index contributed by atoms with van der Waals surface area (Å²) in [5.41, 5.74) is 8.47. The summed E-state index contributed by atoms with van der Waals surface area (Å²) in [4.78, 5) is 12.1. The van der Waals surface area contributed by atoms with Crippen LogP contribution in [0.5, 0.6) is 0 Å². The first-order valence-corrected chi connectivity index (χ1v) is 6.77. The standard InChI is InChI=1S/C14H12BrClN2O/c1-8-2-3-9(6-12(8)17)14(19)18-13-7-10(16)4-5-11(13)15/h2-7H,17H2,1H3,(H,18,19). The minimum Gasteiger partial charge on any atom is -0.398 e. The molecule has 0 aromatic heterocycles. The molecular formula is C14H12BrClN2O.